The van der Waals surface area contributed by atoms with Gasteiger partial charge in [-0.05, 0) is 95.5 Å². The fourth-order valence-corrected chi connectivity index (χ4v) is 8.73. The van der Waals surface area contributed by atoms with E-state index in [0.29, 0.717) is 10.2 Å². The molecule has 3 heteroatoms. The van der Waals surface area contributed by atoms with Crippen LogP contribution >= 0.6 is 43.2 Å². The number of halogens is 2. The van der Waals surface area contributed by atoms with Crippen molar-refractivity contribution < 1.29 is 0 Å². The molecule has 19 heavy (non-hydrogen) atoms. The molecule has 0 N–H and O–H groups in total. The molecule has 1 atom stereocenters. The zero-order chi connectivity index (χ0) is 13.0. The molecule has 1 aromatic heterocycles. The SMILES string of the molecule is Brc1ccsc1C(Br)CC12CC3CC(CC(C3)C1)C2. The topological polar surface area (TPSA) is 0 Å². The van der Waals surface area contributed by atoms with Crippen molar-refractivity contribution in [3.63, 3.8) is 0 Å². The van der Waals surface area contributed by atoms with Crippen LogP contribution in [0.1, 0.15) is 54.7 Å². The second-order valence-corrected chi connectivity index (χ2v) is 10.1. The van der Waals surface area contributed by atoms with Crippen molar-refractivity contribution in [1.82, 2.24) is 0 Å². The molecule has 0 radical (unpaired) electrons. The van der Waals surface area contributed by atoms with Gasteiger partial charge >= 0.3 is 0 Å². The Morgan fingerprint density at radius 3 is 2.21 bits per heavy atom. The number of rotatable bonds is 3. The van der Waals surface area contributed by atoms with E-state index in [1.54, 1.807) is 19.3 Å². The number of thiophene rings is 1. The molecule has 5 rings (SSSR count). The summed E-state index contributed by atoms with van der Waals surface area (Å²) in [4.78, 5) is 2.05. The van der Waals surface area contributed by atoms with Gasteiger partial charge in [0.25, 0.3) is 0 Å². The first-order valence-electron chi connectivity index (χ1n) is 7.50. The lowest BCUT2D eigenvalue weighted by molar-refractivity contribution is -0.0570. The quantitative estimate of drug-likeness (QED) is 0.501. The van der Waals surface area contributed by atoms with E-state index in [0.717, 1.165) is 17.8 Å². The fourth-order valence-electron chi connectivity index (χ4n) is 5.54. The molecule has 4 saturated carbocycles. The van der Waals surface area contributed by atoms with Gasteiger partial charge in [-0.15, -0.1) is 11.3 Å². The molecule has 0 nitrogen and oxygen atoms in total. The van der Waals surface area contributed by atoms with Crippen LogP contribution in [-0.4, -0.2) is 0 Å². The van der Waals surface area contributed by atoms with Gasteiger partial charge in [0.2, 0.25) is 0 Å². The molecular weight excluding hydrogens is 384 g/mol. The summed E-state index contributed by atoms with van der Waals surface area (Å²) in [7, 11) is 0. The van der Waals surface area contributed by atoms with E-state index in [-0.39, 0.29) is 0 Å². The van der Waals surface area contributed by atoms with Crippen molar-refractivity contribution in [1.29, 1.82) is 0 Å². The Morgan fingerprint density at radius 2 is 1.74 bits per heavy atom. The molecule has 104 valence electrons. The number of hydrogen-bond acceptors (Lipinski definition) is 1. The maximum absolute atomic E-state index is 3.99. The molecule has 1 heterocycles. The highest BCUT2D eigenvalue weighted by molar-refractivity contribution is 9.11. The van der Waals surface area contributed by atoms with Crippen LogP contribution in [-0.2, 0) is 0 Å². The second kappa shape index (κ2) is 4.84. The van der Waals surface area contributed by atoms with E-state index in [2.05, 4.69) is 43.3 Å². The van der Waals surface area contributed by atoms with Gasteiger partial charge in [-0.3, -0.25) is 0 Å². The van der Waals surface area contributed by atoms with Gasteiger partial charge < -0.3 is 0 Å². The van der Waals surface area contributed by atoms with E-state index in [1.165, 1.54) is 35.0 Å². The molecule has 4 aliphatic rings. The second-order valence-electron chi connectivity index (χ2n) is 7.22. The molecule has 0 amide bonds. The Hall–Kier alpha value is 0.660. The molecule has 4 bridgehead atoms. The summed E-state index contributed by atoms with van der Waals surface area (Å²) in [5.74, 6) is 3.20. The van der Waals surface area contributed by atoms with E-state index in [4.69, 9.17) is 0 Å². The Labute approximate surface area is 136 Å². The van der Waals surface area contributed by atoms with Crippen molar-refractivity contribution in [3.05, 3.63) is 20.8 Å². The van der Waals surface area contributed by atoms with E-state index in [9.17, 15) is 0 Å². The summed E-state index contributed by atoms with van der Waals surface area (Å²) in [6.45, 7) is 0. The van der Waals surface area contributed by atoms with Gasteiger partial charge in [-0.25, -0.2) is 0 Å². The van der Waals surface area contributed by atoms with Gasteiger partial charge in [-0.1, -0.05) is 15.9 Å². The van der Waals surface area contributed by atoms with Gasteiger partial charge in [0, 0.05) is 9.35 Å². The Kier molecular flexibility index (Phi) is 3.40. The van der Waals surface area contributed by atoms with Crippen LogP contribution in [0.2, 0.25) is 0 Å². The zero-order valence-corrected chi connectivity index (χ0v) is 15.1. The van der Waals surface area contributed by atoms with Crippen LogP contribution in [0.25, 0.3) is 0 Å². The van der Waals surface area contributed by atoms with Gasteiger partial charge in [0.1, 0.15) is 0 Å². The first-order valence-corrected chi connectivity index (χ1v) is 10.1. The van der Waals surface area contributed by atoms with Crippen LogP contribution in [0.4, 0.5) is 0 Å². The Morgan fingerprint density at radius 1 is 1.16 bits per heavy atom. The Balaban J connectivity index is 1.55. The first kappa shape index (κ1) is 13.3. The minimum Gasteiger partial charge on any atom is -0.147 e. The molecule has 1 aromatic rings. The third kappa shape index (κ3) is 2.38. The molecule has 0 aliphatic heterocycles. The van der Waals surface area contributed by atoms with Gasteiger partial charge in [0.05, 0.1) is 4.83 Å². The van der Waals surface area contributed by atoms with Gasteiger partial charge in [-0.2, -0.15) is 0 Å². The lowest BCUT2D eigenvalue weighted by atomic mass is 9.48. The van der Waals surface area contributed by atoms with E-state index >= 15 is 0 Å². The van der Waals surface area contributed by atoms with E-state index in [1.807, 2.05) is 11.3 Å². The molecule has 1 unspecified atom stereocenters. The van der Waals surface area contributed by atoms with Crippen LogP contribution in [0, 0.1) is 23.2 Å². The average molecular weight is 404 g/mol. The number of alkyl halides is 1. The monoisotopic (exact) mass is 402 g/mol. The van der Waals surface area contributed by atoms with Crippen LogP contribution in [0.3, 0.4) is 0 Å². The third-order valence-corrected chi connectivity index (χ3v) is 8.78. The normalized spacial score (nSPS) is 41.7. The standard InChI is InChI=1S/C16H20Br2S/c17-13-1-2-19-15(13)14(18)9-16-6-10-3-11(7-16)5-12(4-10)8-16/h1-2,10-12,14H,3-9H2. The maximum atomic E-state index is 3.99. The highest BCUT2D eigenvalue weighted by atomic mass is 79.9. The summed E-state index contributed by atoms with van der Waals surface area (Å²) >= 11 is 9.58. The van der Waals surface area contributed by atoms with Crippen LogP contribution < -0.4 is 0 Å². The maximum Gasteiger partial charge on any atom is 0.0505 e. The predicted molar refractivity (Wildman–Crippen MR) is 88.9 cm³/mol. The largest absolute Gasteiger partial charge is 0.147 e. The third-order valence-electron chi connectivity index (χ3n) is 5.71. The smallest absolute Gasteiger partial charge is 0.0505 e. The first-order chi connectivity index (χ1) is 9.13. The molecular formula is C16H20Br2S. The van der Waals surface area contributed by atoms with Crippen LogP contribution in [0.15, 0.2) is 15.9 Å². The zero-order valence-electron chi connectivity index (χ0n) is 11.1. The number of hydrogen-bond donors (Lipinski definition) is 0. The summed E-state index contributed by atoms with van der Waals surface area (Å²) in [5.41, 5.74) is 0.673. The van der Waals surface area contributed by atoms with Crippen LogP contribution in [0.5, 0.6) is 0 Å². The van der Waals surface area contributed by atoms with Crippen molar-refractivity contribution in [2.45, 2.75) is 49.8 Å². The lowest BCUT2D eigenvalue weighted by Crippen LogP contribution is -2.46. The summed E-state index contributed by atoms with van der Waals surface area (Å²) in [6, 6.07) is 2.19. The van der Waals surface area contributed by atoms with Crippen molar-refractivity contribution in [2.24, 2.45) is 23.2 Å². The lowest BCUT2D eigenvalue weighted by Gasteiger charge is -2.57. The summed E-state index contributed by atoms with van der Waals surface area (Å²) < 4.78 is 1.30. The Bertz CT molecular complexity index is 444. The molecule has 0 spiro atoms. The van der Waals surface area contributed by atoms with E-state index < -0.39 is 0 Å². The summed E-state index contributed by atoms with van der Waals surface area (Å²) in [6.07, 6.45) is 10.6. The predicted octanol–water partition coefficient (Wildman–Crippen LogP) is 6.55. The minimum absolute atomic E-state index is 0.554. The highest BCUT2D eigenvalue weighted by Gasteiger charge is 2.51. The molecule has 4 fully saturated rings. The van der Waals surface area contributed by atoms with Gasteiger partial charge in [0.15, 0.2) is 0 Å². The molecule has 0 saturated heterocycles. The minimum atomic E-state index is 0.554. The van der Waals surface area contributed by atoms with Crippen molar-refractivity contribution in [3.8, 4) is 0 Å². The molecule has 0 aromatic carbocycles. The highest BCUT2D eigenvalue weighted by Crippen LogP contribution is 2.63. The fraction of sp³-hybridized carbons (Fsp3) is 0.750. The average Bonchev–Trinajstić information content (AvgIpc) is 2.72. The summed E-state index contributed by atoms with van der Waals surface area (Å²) in [5, 5.41) is 2.20. The van der Waals surface area contributed by atoms with Crippen molar-refractivity contribution >= 4 is 43.2 Å². The molecule has 4 aliphatic carbocycles. The van der Waals surface area contributed by atoms with Crippen molar-refractivity contribution in [2.75, 3.05) is 0 Å².